The van der Waals surface area contributed by atoms with Crippen LogP contribution in [0.3, 0.4) is 0 Å². The van der Waals surface area contributed by atoms with E-state index >= 15 is 0 Å². The molecule has 6 nitrogen and oxygen atoms in total. The van der Waals surface area contributed by atoms with Crippen molar-refractivity contribution in [2.24, 2.45) is 0 Å². The van der Waals surface area contributed by atoms with Crippen LogP contribution in [0.1, 0.15) is 49.3 Å². The SMILES string of the molecule is COc1ccc([C@H](C[C@@H](O)CC(=O)CCCCCl)N[S@](=O)c2ccc(C)cc2)cc1OC. The summed E-state index contributed by atoms with van der Waals surface area (Å²) in [6.45, 7) is 1.97. The predicted molar refractivity (Wildman–Crippen MR) is 128 cm³/mol. The Morgan fingerprint density at radius 1 is 1.09 bits per heavy atom. The molecule has 0 spiro atoms. The third-order valence-corrected chi connectivity index (χ3v) is 6.57. The zero-order valence-electron chi connectivity index (χ0n) is 18.8. The van der Waals surface area contributed by atoms with Crippen LogP contribution in [0.5, 0.6) is 11.5 Å². The first-order valence-corrected chi connectivity index (χ1v) is 12.3. The zero-order chi connectivity index (χ0) is 23.5. The molecule has 0 aromatic heterocycles. The number of ketones is 1. The van der Waals surface area contributed by atoms with E-state index in [1.165, 1.54) is 0 Å². The summed E-state index contributed by atoms with van der Waals surface area (Å²) in [7, 11) is 1.59. The number of aliphatic hydroxyl groups is 1. The Balaban J connectivity index is 2.19. The summed E-state index contributed by atoms with van der Waals surface area (Å²) < 4.78 is 26.8. The summed E-state index contributed by atoms with van der Waals surface area (Å²) in [6, 6.07) is 12.3. The fourth-order valence-electron chi connectivity index (χ4n) is 3.32. The van der Waals surface area contributed by atoms with Crippen molar-refractivity contribution < 1.29 is 23.6 Å². The van der Waals surface area contributed by atoms with Gasteiger partial charge < -0.3 is 14.6 Å². The van der Waals surface area contributed by atoms with Gasteiger partial charge in [0.25, 0.3) is 0 Å². The second-order valence-corrected chi connectivity index (χ2v) is 9.27. The lowest BCUT2D eigenvalue weighted by atomic mass is 9.97. The zero-order valence-corrected chi connectivity index (χ0v) is 20.4. The van der Waals surface area contributed by atoms with E-state index in [1.807, 2.05) is 25.1 Å². The molecule has 3 atom stereocenters. The largest absolute Gasteiger partial charge is 0.493 e. The second-order valence-electron chi connectivity index (χ2n) is 7.65. The Kier molecular flexibility index (Phi) is 11.2. The number of ether oxygens (including phenoxy) is 2. The van der Waals surface area contributed by atoms with Crippen LogP contribution in [-0.4, -0.2) is 41.3 Å². The van der Waals surface area contributed by atoms with Gasteiger partial charge in [-0.25, -0.2) is 8.93 Å². The summed E-state index contributed by atoms with van der Waals surface area (Å²) in [4.78, 5) is 12.8. The topological polar surface area (TPSA) is 84.9 Å². The fraction of sp³-hybridized carbons (Fsp3) is 0.458. The molecule has 0 aliphatic heterocycles. The third kappa shape index (κ3) is 8.20. The molecule has 0 saturated heterocycles. The van der Waals surface area contributed by atoms with Crippen LogP contribution in [-0.2, 0) is 15.8 Å². The minimum Gasteiger partial charge on any atom is -0.493 e. The van der Waals surface area contributed by atoms with Crippen LogP contribution in [0.4, 0.5) is 0 Å². The number of alkyl halides is 1. The maximum Gasteiger partial charge on any atom is 0.161 e. The summed E-state index contributed by atoms with van der Waals surface area (Å²) in [5, 5.41) is 10.6. The highest BCUT2D eigenvalue weighted by atomic mass is 35.5. The highest BCUT2D eigenvalue weighted by molar-refractivity contribution is 7.83. The van der Waals surface area contributed by atoms with Crippen molar-refractivity contribution in [3.8, 4) is 11.5 Å². The van der Waals surface area contributed by atoms with Crippen molar-refractivity contribution in [2.75, 3.05) is 20.1 Å². The van der Waals surface area contributed by atoms with Crippen LogP contribution in [0.2, 0.25) is 0 Å². The average Bonchev–Trinajstić information content (AvgIpc) is 2.78. The maximum atomic E-state index is 13.0. The molecule has 2 N–H and O–H groups in total. The van der Waals surface area contributed by atoms with Gasteiger partial charge in [-0.2, -0.15) is 0 Å². The Labute approximate surface area is 197 Å². The molecule has 2 rings (SSSR count). The van der Waals surface area contributed by atoms with Gasteiger partial charge in [0, 0.05) is 24.8 Å². The van der Waals surface area contributed by atoms with Gasteiger partial charge in [0.1, 0.15) is 16.8 Å². The Bertz CT molecular complexity index is 890. The highest BCUT2D eigenvalue weighted by Gasteiger charge is 2.22. The van der Waals surface area contributed by atoms with Crippen molar-refractivity contribution in [3.63, 3.8) is 0 Å². The number of hydrogen-bond acceptors (Lipinski definition) is 5. The molecule has 0 fully saturated rings. The standard InChI is InChI=1S/C24H32ClNO5S/c1-17-7-10-21(11-8-17)32(29)26-22(16-20(28)15-19(27)6-4-5-13-25)18-9-12-23(30-2)24(14-18)31-3/h7-12,14,20,22,26,28H,4-6,13,15-16H2,1-3H3/t20-,22-,32+/m0/s1. The van der Waals surface area contributed by atoms with E-state index in [9.17, 15) is 14.1 Å². The number of aryl methyl sites for hydroxylation is 1. The first-order chi connectivity index (χ1) is 15.4. The average molecular weight is 482 g/mol. The number of carbonyl (C=O) groups excluding carboxylic acids is 1. The van der Waals surface area contributed by atoms with Crippen LogP contribution >= 0.6 is 11.6 Å². The van der Waals surface area contributed by atoms with E-state index in [2.05, 4.69) is 4.72 Å². The molecule has 2 aromatic rings. The molecular formula is C24H32ClNO5S. The van der Waals surface area contributed by atoms with E-state index in [-0.39, 0.29) is 18.6 Å². The van der Waals surface area contributed by atoms with Crippen molar-refractivity contribution in [2.45, 2.75) is 56.1 Å². The van der Waals surface area contributed by atoms with E-state index in [4.69, 9.17) is 21.1 Å². The van der Waals surface area contributed by atoms with Crippen LogP contribution in [0, 0.1) is 6.92 Å². The number of Topliss-reactive ketones (excluding diaryl/α,β-unsaturated/α-hetero) is 1. The third-order valence-electron chi connectivity index (χ3n) is 5.10. The molecule has 0 heterocycles. The summed E-state index contributed by atoms with van der Waals surface area (Å²) in [5.74, 6) is 1.62. The highest BCUT2D eigenvalue weighted by Crippen LogP contribution is 2.32. The number of hydrogen-bond donors (Lipinski definition) is 2. The number of rotatable bonds is 14. The number of methoxy groups -OCH3 is 2. The van der Waals surface area contributed by atoms with Crippen molar-refractivity contribution in [1.29, 1.82) is 0 Å². The lowest BCUT2D eigenvalue weighted by Gasteiger charge is -2.22. The molecule has 0 unspecified atom stereocenters. The van der Waals surface area contributed by atoms with Crippen molar-refractivity contribution in [3.05, 3.63) is 53.6 Å². The summed E-state index contributed by atoms with van der Waals surface area (Å²) in [5.41, 5.74) is 1.85. The summed E-state index contributed by atoms with van der Waals surface area (Å²) in [6.07, 6.45) is 1.27. The Morgan fingerprint density at radius 2 is 1.78 bits per heavy atom. The van der Waals surface area contributed by atoms with Crippen LogP contribution < -0.4 is 14.2 Å². The van der Waals surface area contributed by atoms with Crippen molar-refractivity contribution >= 4 is 28.4 Å². The molecular weight excluding hydrogens is 450 g/mol. The van der Waals surface area contributed by atoms with Gasteiger partial charge in [0.2, 0.25) is 0 Å². The Hall–Kier alpha value is -1.93. The normalized spacial score (nSPS) is 13.9. The van der Waals surface area contributed by atoms with Gasteiger partial charge in [-0.15, -0.1) is 11.6 Å². The molecule has 0 aliphatic rings. The molecule has 0 radical (unpaired) electrons. The number of carbonyl (C=O) groups is 1. The summed E-state index contributed by atoms with van der Waals surface area (Å²) >= 11 is 5.66. The van der Waals surface area contributed by atoms with E-state index < -0.39 is 23.1 Å². The van der Waals surface area contributed by atoms with Gasteiger partial charge >= 0.3 is 0 Å². The molecule has 0 bridgehead atoms. The van der Waals surface area contributed by atoms with Gasteiger partial charge in [0.05, 0.1) is 25.2 Å². The van der Waals surface area contributed by atoms with Crippen LogP contribution in [0.25, 0.3) is 0 Å². The fourth-order valence-corrected chi connectivity index (χ4v) is 4.52. The van der Waals surface area contributed by atoms with Gasteiger partial charge in [0.15, 0.2) is 11.5 Å². The minimum absolute atomic E-state index is 0.00617. The quantitative estimate of drug-likeness (QED) is 0.307. The first kappa shape index (κ1) is 26.3. The number of nitrogens with one attached hydrogen (secondary N) is 1. The lowest BCUT2D eigenvalue weighted by molar-refractivity contribution is -0.121. The Morgan fingerprint density at radius 3 is 2.41 bits per heavy atom. The number of benzene rings is 2. The van der Waals surface area contributed by atoms with Gasteiger partial charge in [-0.1, -0.05) is 23.8 Å². The van der Waals surface area contributed by atoms with E-state index in [1.54, 1.807) is 38.5 Å². The molecule has 8 heteroatoms. The number of unbranched alkanes of at least 4 members (excludes halogenated alkanes) is 1. The van der Waals surface area contributed by atoms with Crippen LogP contribution in [0.15, 0.2) is 47.4 Å². The monoisotopic (exact) mass is 481 g/mol. The number of halogens is 1. The number of aliphatic hydroxyl groups excluding tert-OH is 1. The minimum atomic E-state index is -1.51. The lowest BCUT2D eigenvalue weighted by Crippen LogP contribution is -2.28. The predicted octanol–water partition coefficient (Wildman–Crippen LogP) is 4.49. The smallest absolute Gasteiger partial charge is 0.161 e. The molecule has 0 saturated carbocycles. The second kappa shape index (κ2) is 13.6. The molecule has 176 valence electrons. The molecule has 0 amide bonds. The van der Waals surface area contributed by atoms with E-state index in [0.29, 0.717) is 35.1 Å². The first-order valence-electron chi connectivity index (χ1n) is 10.6. The van der Waals surface area contributed by atoms with Gasteiger partial charge in [-0.3, -0.25) is 4.79 Å². The molecule has 0 aliphatic carbocycles. The molecule has 2 aromatic carbocycles. The maximum absolute atomic E-state index is 13.0. The molecule has 32 heavy (non-hydrogen) atoms. The van der Waals surface area contributed by atoms with Crippen molar-refractivity contribution in [1.82, 2.24) is 4.72 Å². The van der Waals surface area contributed by atoms with Gasteiger partial charge in [-0.05, 0) is 56.0 Å². The van der Waals surface area contributed by atoms with E-state index in [0.717, 1.165) is 17.5 Å².